The minimum atomic E-state index is 0.464. The maximum atomic E-state index is 5.87. The third-order valence-corrected chi connectivity index (χ3v) is 2.69. The molecule has 0 fully saturated rings. The molecule has 2 heterocycles. The van der Waals surface area contributed by atoms with Gasteiger partial charge < -0.3 is 9.32 Å². The van der Waals surface area contributed by atoms with Crippen LogP contribution in [-0.4, -0.2) is 12.0 Å². The Balaban J connectivity index is 2.17. The monoisotopic (exact) mass is 236 g/mol. The Hall–Kier alpha value is -1.48. The first kappa shape index (κ1) is 11.0. The topological polar surface area (TPSA) is 29.3 Å². The summed E-state index contributed by atoms with van der Waals surface area (Å²) in [5.41, 5.74) is 2.11. The fraction of sp³-hybridized carbons (Fsp3) is 0.250. The summed E-state index contributed by atoms with van der Waals surface area (Å²) in [5, 5.41) is 0. The number of nitrogens with zero attached hydrogens (tertiary/aromatic N) is 2. The number of anilines is 1. The third kappa shape index (κ3) is 2.36. The second kappa shape index (κ2) is 5.03. The molecule has 2 aromatic heterocycles. The molecule has 2 rings (SSSR count). The highest BCUT2D eigenvalue weighted by Crippen LogP contribution is 2.21. The van der Waals surface area contributed by atoms with Gasteiger partial charge in [-0.2, -0.15) is 0 Å². The van der Waals surface area contributed by atoms with Crippen molar-refractivity contribution >= 4 is 17.3 Å². The molecule has 0 spiro atoms. The lowest BCUT2D eigenvalue weighted by Gasteiger charge is -2.20. The van der Waals surface area contributed by atoms with Crippen molar-refractivity contribution < 1.29 is 4.42 Å². The van der Waals surface area contributed by atoms with Crippen molar-refractivity contribution in [3.05, 3.63) is 48.2 Å². The van der Waals surface area contributed by atoms with Crippen molar-refractivity contribution in [3.63, 3.8) is 0 Å². The normalized spacial score (nSPS) is 10.4. The molecule has 16 heavy (non-hydrogen) atoms. The van der Waals surface area contributed by atoms with Crippen molar-refractivity contribution in [1.82, 2.24) is 4.98 Å². The van der Waals surface area contributed by atoms with E-state index in [-0.39, 0.29) is 0 Å². The molecule has 0 atom stereocenters. The average molecular weight is 237 g/mol. The molecule has 2 aromatic rings. The summed E-state index contributed by atoms with van der Waals surface area (Å²) in [4.78, 5) is 6.16. The van der Waals surface area contributed by atoms with Crippen LogP contribution in [0.2, 0.25) is 0 Å². The lowest BCUT2D eigenvalue weighted by Crippen LogP contribution is -2.17. The van der Waals surface area contributed by atoms with Crippen molar-refractivity contribution in [1.29, 1.82) is 0 Å². The summed E-state index contributed by atoms with van der Waals surface area (Å²) in [5.74, 6) is 1.39. The van der Waals surface area contributed by atoms with Gasteiger partial charge >= 0.3 is 0 Å². The van der Waals surface area contributed by atoms with E-state index in [0.717, 1.165) is 23.6 Å². The fourth-order valence-electron chi connectivity index (χ4n) is 1.62. The molecule has 0 bridgehead atoms. The molecular formula is C12H13ClN2O. The number of rotatable bonds is 4. The van der Waals surface area contributed by atoms with E-state index in [9.17, 15) is 0 Å². The van der Waals surface area contributed by atoms with E-state index in [1.807, 2.05) is 25.2 Å². The van der Waals surface area contributed by atoms with E-state index >= 15 is 0 Å². The molecule has 4 heteroatoms. The molecule has 0 aliphatic heterocycles. The third-order valence-electron chi connectivity index (χ3n) is 2.41. The minimum absolute atomic E-state index is 0.464. The Morgan fingerprint density at radius 3 is 3.00 bits per heavy atom. The van der Waals surface area contributed by atoms with Gasteiger partial charge in [0.25, 0.3) is 0 Å². The van der Waals surface area contributed by atoms with Crippen molar-refractivity contribution in [2.45, 2.75) is 12.4 Å². The second-order valence-corrected chi connectivity index (χ2v) is 3.84. The van der Waals surface area contributed by atoms with Crippen molar-refractivity contribution in [2.24, 2.45) is 0 Å². The van der Waals surface area contributed by atoms with Crippen LogP contribution in [0.4, 0.5) is 5.69 Å². The van der Waals surface area contributed by atoms with Crippen molar-refractivity contribution in [2.75, 3.05) is 11.9 Å². The molecule has 0 aromatic carbocycles. The molecule has 0 aliphatic rings. The largest absolute Gasteiger partial charge is 0.467 e. The summed E-state index contributed by atoms with van der Waals surface area (Å²) in [7, 11) is 2.01. The molecule has 0 radical (unpaired) electrons. The number of halogens is 1. The lowest BCUT2D eigenvalue weighted by atomic mass is 10.2. The van der Waals surface area contributed by atoms with E-state index in [1.54, 1.807) is 18.7 Å². The maximum absolute atomic E-state index is 5.87. The summed E-state index contributed by atoms with van der Waals surface area (Å²) in [6, 6.07) is 5.80. The summed E-state index contributed by atoms with van der Waals surface area (Å²) < 4.78 is 5.31. The minimum Gasteiger partial charge on any atom is -0.467 e. The molecule has 0 unspecified atom stereocenters. The van der Waals surface area contributed by atoms with Crippen LogP contribution in [0.15, 0.2) is 41.3 Å². The summed E-state index contributed by atoms with van der Waals surface area (Å²) >= 11 is 5.87. The first-order valence-electron chi connectivity index (χ1n) is 5.03. The molecule has 0 saturated carbocycles. The zero-order valence-electron chi connectivity index (χ0n) is 9.06. The van der Waals surface area contributed by atoms with Gasteiger partial charge in [0.2, 0.25) is 0 Å². The van der Waals surface area contributed by atoms with Gasteiger partial charge in [-0.25, -0.2) is 0 Å². The standard InChI is InChI=1S/C12H13ClN2O/c1-15(9-11-3-2-6-16-11)12-4-5-14-8-10(12)7-13/h2-6,8H,7,9H2,1H3. The SMILES string of the molecule is CN(Cc1ccco1)c1ccncc1CCl. The van der Waals surface area contributed by atoms with Crippen LogP contribution in [-0.2, 0) is 12.4 Å². The quantitative estimate of drug-likeness (QED) is 0.765. The Bertz CT molecular complexity index is 442. The van der Waals surface area contributed by atoms with E-state index in [0.29, 0.717) is 5.88 Å². The van der Waals surface area contributed by atoms with E-state index in [4.69, 9.17) is 16.0 Å². The summed E-state index contributed by atoms with van der Waals surface area (Å²) in [6.07, 6.45) is 5.24. The fourth-order valence-corrected chi connectivity index (χ4v) is 1.82. The highest BCUT2D eigenvalue weighted by Gasteiger charge is 2.08. The molecule has 0 N–H and O–H groups in total. The van der Waals surface area contributed by atoms with Crippen LogP contribution in [0.5, 0.6) is 0 Å². The predicted octanol–water partition coefficient (Wildman–Crippen LogP) is 3.05. The molecule has 0 aliphatic carbocycles. The number of furan rings is 1. The number of hydrogen-bond donors (Lipinski definition) is 0. The maximum Gasteiger partial charge on any atom is 0.123 e. The zero-order chi connectivity index (χ0) is 11.4. The van der Waals surface area contributed by atoms with E-state index in [1.165, 1.54) is 0 Å². The van der Waals surface area contributed by atoms with Gasteiger partial charge in [0.15, 0.2) is 0 Å². The highest BCUT2D eigenvalue weighted by molar-refractivity contribution is 6.17. The smallest absolute Gasteiger partial charge is 0.123 e. The number of hydrogen-bond acceptors (Lipinski definition) is 3. The first-order chi connectivity index (χ1) is 7.81. The zero-order valence-corrected chi connectivity index (χ0v) is 9.81. The van der Waals surface area contributed by atoms with Gasteiger partial charge in [0.05, 0.1) is 18.7 Å². The molecule has 3 nitrogen and oxygen atoms in total. The predicted molar refractivity (Wildman–Crippen MR) is 64.6 cm³/mol. The van der Waals surface area contributed by atoms with Crippen LogP contribution < -0.4 is 4.90 Å². The number of pyridine rings is 1. The van der Waals surface area contributed by atoms with E-state index in [2.05, 4.69) is 9.88 Å². The van der Waals surface area contributed by atoms with Crippen LogP contribution >= 0.6 is 11.6 Å². The van der Waals surface area contributed by atoms with E-state index < -0.39 is 0 Å². The van der Waals surface area contributed by atoms with Crippen LogP contribution in [0, 0.1) is 0 Å². The van der Waals surface area contributed by atoms with Gasteiger partial charge in [0, 0.05) is 30.7 Å². The van der Waals surface area contributed by atoms with Crippen LogP contribution in [0.1, 0.15) is 11.3 Å². The van der Waals surface area contributed by atoms with Gasteiger partial charge in [0.1, 0.15) is 5.76 Å². The Morgan fingerprint density at radius 2 is 2.31 bits per heavy atom. The first-order valence-corrected chi connectivity index (χ1v) is 5.57. The molecule has 84 valence electrons. The van der Waals surface area contributed by atoms with Crippen LogP contribution in [0.25, 0.3) is 0 Å². The Labute approximate surface area is 99.7 Å². The average Bonchev–Trinajstić information content (AvgIpc) is 2.81. The molecule has 0 amide bonds. The Kier molecular flexibility index (Phi) is 3.47. The van der Waals surface area contributed by atoms with Crippen LogP contribution in [0.3, 0.4) is 0 Å². The van der Waals surface area contributed by atoms with Gasteiger partial charge in [-0.3, -0.25) is 4.98 Å². The van der Waals surface area contributed by atoms with Gasteiger partial charge in [-0.05, 0) is 18.2 Å². The number of alkyl halides is 1. The Morgan fingerprint density at radius 1 is 1.44 bits per heavy atom. The van der Waals surface area contributed by atoms with Crippen molar-refractivity contribution in [3.8, 4) is 0 Å². The lowest BCUT2D eigenvalue weighted by molar-refractivity contribution is 0.507. The summed E-state index contributed by atoms with van der Waals surface area (Å²) in [6.45, 7) is 0.723. The second-order valence-electron chi connectivity index (χ2n) is 3.57. The molecule has 0 saturated heterocycles. The molecular weight excluding hydrogens is 224 g/mol. The van der Waals surface area contributed by atoms with Gasteiger partial charge in [-0.1, -0.05) is 0 Å². The van der Waals surface area contributed by atoms with Gasteiger partial charge in [-0.15, -0.1) is 11.6 Å². The highest BCUT2D eigenvalue weighted by atomic mass is 35.5. The number of aromatic nitrogens is 1.